The molecule has 0 aliphatic carbocycles. The van der Waals surface area contributed by atoms with E-state index in [4.69, 9.17) is 5.73 Å². The molecule has 2 aliphatic rings. The van der Waals surface area contributed by atoms with Crippen LogP contribution in [0.4, 0.5) is 5.69 Å². The lowest BCUT2D eigenvalue weighted by Crippen LogP contribution is -2.20. The molecular weight excluding hydrogens is 360 g/mol. The summed E-state index contributed by atoms with van der Waals surface area (Å²) in [6.07, 6.45) is 4.28. The van der Waals surface area contributed by atoms with Crippen LogP contribution in [-0.2, 0) is 6.61 Å². The number of anilines is 1. The zero-order valence-electron chi connectivity index (χ0n) is 17.0. The Bertz CT molecular complexity index is 944. The van der Waals surface area contributed by atoms with E-state index in [0.717, 1.165) is 60.7 Å². The fraction of sp³-hybridized carbons (Fsp3) is 0.333. The minimum Gasteiger partial charge on any atom is -0.401 e. The third kappa shape index (κ3) is 4.31. The van der Waals surface area contributed by atoms with Gasteiger partial charge < -0.3 is 26.8 Å². The van der Waals surface area contributed by atoms with Gasteiger partial charge in [0.2, 0.25) is 0 Å². The van der Waals surface area contributed by atoms with Gasteiger partial charge in [0.05, 0.1) is 18.3 Å². The van der Waals surface area contributed by atoms with Crippen molar-refractivity contribution < 1.29 is 5.11 Å². The molecule has 0 saturated carbocycles. The number of hydrogen-bond acceptors (Lipinski definition) is 5. The van der Waals surface area contributed by atoms with Gasteiger partial charge in [0.25, 0.3) is 0 Å². The van der Waals surface area contributed by atoms with Crippen molar-refractivity contribution in [1.29, 1.82) is 0 Å². The molecular formula is C24H30N4O. The lowest BCUT2D eigenvalue weighted by atomic mass is 9.91. The summed E-state index contributed by atoms with van der Waals surface area (Å²) < 4.78 is 0. The lowest BCUT2D eigenvalue weighted by molar-refractivity contribution is 0.282. The molecule has 2 aliphatic heterocycles. The molecule has 2 aromatic rings. The van der Waals surface area contributed by atoms with E-state index in [0.29, 0.717) is 0 Å². The van der Waals surface area contributed by atoms with Crippen molar-refractivity contribution in [3.05, 3.63) is 76.5 Å². The van der Waals surface area contributed by atoms with E-state index in [2.05, 4.69) is 46.3 Å². The van der Waals surface area contributed by atoms with E-state index in [1.165, 1.54) is 16.7 Å². The standard InChI is InChI=1S/C24H30N4O/c1-16(25)24-21-6-5-19(18-7-10-26-11-8-18)14-22(21)23(9-12-27-24)28-20-4-2-3-17(13-20)15-29/h2-7,13-14,23,26-29H,8-12,15,25H2,1H3/b24-16-. The summed E-state index contributed by atoms with van der Waals surface area (Å²) >= 11 is 0. The Morgan fingerprint density at radius 3 is 2.86 bits per heavy atom. The summed E-state index contributed by atoms with van der Waals surface area (Å²) in [6, 6.07) is 14.9. The number of nitrogens with two attached hydrogens (primary N) is 1. The number of rotatable bonds is 4. The number of hydrogen-bond donors (Lipinski definition) is 5. The van der Waals surface area contributed by atoms with Gasteiger partial charge in [-0.3, -0.25) is 0 Å². The summed E-state index contributed by atoms with van der Waals surface area (Å²) in [5.74, 6) is 0. The minimum absolute atomic E-state index is 0.0456. The first-order valence-electron chi connectivity index (χ1n) is 10.4. The van der Waals surface area contributed by atoms with Crippen molar-refractivity contribution in [3.8, 4) is 0 Å². The van der Waals surface area contributed by atoms with Crippen molar-refractivity contribution in [1.82, 2.24) is 10.6 Å². The van der Waals surface area contributed by atoms with Crippen molar-refractivity contribution in [2.75, 3.05) is 25.0 Å². The number of nitrogens with one attached hydrogen (secondary N) is 3. The van der Waals surface area contributed by atoms with Gasteiger partial charge in [-0.1, -0.05) is 30.3 Å². The van der Waals surface area contributed by atoms with Gasteiger partial charge in [-0.25, -0.2) is 0 Å². The molecule has 0 fully saturated rings. The van der Waals surface area contributed by atoms with Crippen molar-refractivity contribution in [2.45, 2.75) is 32.4 Å². The molecule has 4 rings (SSSR count). The molecule has 2 aromatic carbocycles. The highest BCUT2D eigenvalue weighted by molar-refractivity contribution is 5.75. The van der Waals surface area contributed by atoms with Crippen LogP contribution in [0.5, 0.6) is 0 Å². The highest BCUT2D eigenvalue weighted by Gasteiger charge is 2.23. The van der Waals surface area contributed by atoms with Crippen LogP contribution in [0.25, 0.3) is 11.3 Å². The van der Waals surface area contributed by atoms with E-state index in [9.17, 15) is 5.11 Å². The van der Waals surface area contributed by atoms with Crippen LogP contribution in [-0.4, -0.2) is 24.7 Å². The SMILES string of the molecule is C/C(N)=C1/NCCC(Nc2cccc(CO)c2)c2cc(C3=CCNCC3)ccc21. The molecule has 152 valence electrons. The molecule has 5 nitrogen and oxygen atoms in total. The molecule has 0 saturated heterocycles. The molecule has 0 spiro atoms. The number of allylic oxidation sites excluding steroid dienone is 1. The molecule has 29 heavy (non-hydrogen) atoms. The maximum atomic E-state index is 9.48. The molecule has 1 atom stereocenters. The Balaban J connectivity index is 1.75. The first-order chi connectivity index (χ1) is 14.2. The second-order valence-corrected chi connectivity index (χ2v) is 7.81. The third-order valence-corrected chi connectivity index (χ3v) is 5.71. The average Bonchev–Trinajstić information content (AvgIpc) is 2.94. The second-order valence-electron chi connectivity index (χ2n) is 7.81. The van der Waals surface area contributed by atoms with Gasteiger partial charge >= 0.3 is 0 Å². The van der Waals surface area contributed by atoms with Gasteiger partial charge in [0.1, 0.15) is 0 Å². The fourth-order valence-electron chi connectivity index (χ4n) is 4.22. The summed E-state index contributed by atoms with van der Waals surface area (Å²) in [5, 5.41) is 20.1. The van der Waals surface area contributed by atoms with Crippen molar-refractivity contribution >= 4 is 17.0 Å². The van der Waals surface area contributed by atoms with E-state index in [1.54, 1.807) is 0 Å². The van der Waals surface area contributed by atoms with E-state index < -0.39 is 0 Å². The van der Waals surface area contributed by atoms with Crippen molar-refractivity contribution in [3.63, 3.8) is 0 Å². The van der Waals surface area contributed by atoms with Crippen LogP contribution in [0.3, 0.4) is 0 Å². The maximum Gasteiger partial charge on any atom is 0.0682 e. The maximum absolute atomic E-state index is 9.48. The summed E-state index contributed by atoms with van der Waals surface area (Å²) in [5.41, 5.74) is 15.1. The van der Waals surface area contributed by atoms with E-state index >= 15 is 0 Å². The highest BCUT2D eigenvalue weighted by atomic mass is 16.3. The molecule has 5 heteroatoms. The first kappa shape index (κ1) is 19.6. The molecule has 0 aromatic heterocycles. The Kier molecular flexibility index (Phi) is 5.88. The minimum atomic E-state index is 0.0456. The molecule has 0 bridgehead atoms. The van der Waals surface area contributed by atoms with Crippen LogP contribution in [0.1, 0.15) is 48.1 Å². The number of aliphatic hydroxyl groups is 1. The number of benzene rings is 2. The highest BCUT2D eigenvalue weighted by Crippen LogP contribution is 2.35. The predicted molar refractivity (Wildman–Crippen MR) is 120 cm³/mol. The topological polar surface area (TPSA) is 82.3 Å². The van der Waals surface area contributed by atoms with Gasteiger partial charge in [-0.15, -0.1) is 0 Å². The lowest BCUT2D eigenvalue weighted by Gasteiger charge is -2.23. The van der Waals surface area contributed by atoms with Crippen LogP contribution in [0.2, 0.25) is 0 Å². The Morgan fingerprint density at radius 1 is 1.21 bits per heavy atom. The quantitative estimate of drug-likeness (QED) is 0.553. The third-order valence-electron chi connectivity index (χ3n) is 5.71. The Morgan fingerprint density at radius 2 is 2.10 bits per heavy atom. The zero-order chi connectivity index (χ0) is 20.2. The molecule has 2 heterocycles. The van der Waals surface area contributed by atoms with Crippen LogP contribution >= 0.6 is 0 Å². The van der Waals surface area contributed by atoms with Crippen LogP contribution in [0.15, 0.2) is 54.2 Å². The largest absolute Gasteiger partial charge is 0.401 e. The van der Waals surface area contributed by atoms with Gasteiger partial charge in [-0.2, -0.15) is 0 Å². The Labute approximate surface area is 172 Å². The van der Waals surface area contributed by atoms with Gasteiger partial charge in [-0.05, 0) is 66.8 Å². The number of aliphatic hydroxyl groups excluding tert-OH is 1. The van der Waals surface area contributed by atoms with E-state index in [-0.39, 0.29) is 12.6 Å². The zero-order valence-corrected chi connectivity index (χ0v) is 17.0. The fourth-order valence-corrected chi connectivity index (χ4v) is 4.22. The smallest absolute Gasteiger partial charge is 0.0682 e. The summed E-state index contributed by atoms with van der Waals surface area (Å²) in [7, 11) is 0. The predicted octanol–water partition coefficient (Wildman–Crippen LogP) is 3.35. The normalized spacial score (nSPS) is 20.8. The Hall–Kier alpha value is -2.76. The molecule has 1 unspecified atom stereocenters. The number of fused-ring (bicyclic) bond motifs is 1. The van der Waals surface area contributed by atoms with Gasteiger partial charge in [0.15, 0.2) is 0 Å². The van der Waals surface area contributed by atoms with E-state index in [1.807, 2.05) is 25.1 Å². The van der Waals surface area contributed by atoms with Crippen LogP contribution in [0, 0.1) is 0 Å². The molecule has 6 N–H and O–H groups in total. The monoisotopic (exact) mass is 390 g/mol. The van der Waals surface area contributed by atoms with Gasteiger partial charge in [0, 0.05) is 30.0 Å². The second kappa shape index (κ2) is 8.72. The summed E-state index contributed by atoms with van der Waals surface area (Å²) in [4.78, 5) is 0. The first-order valence-corrected chi connectivity index (χ1v) is 10.4. The average molecular weight is 391 g/mol. The molecule has 0 amide bonds. The summed E-state index contributed by atoms with van der Waals surface area (Å²) in [6.45, 7) is 4.79. The van der Waals surface area contributed by atoms with Crippen LogP contribution < -0.4 is 21.7 Å². The molecule has 0 radical (unpaired) electrons. The van der Waals surface area contributed by atoms with Crippen molar-refractivity contribution in [2.24, 2.45) is 5.73 Å².